The SMILES string of the molecule is COc1ccc(-c2n[nH]c(=S)n2/N=C\C=C\c2ccco2)cc1OC. The molecule has 2 aromatic heterocycles. The molecule has 3 aromatic rings. The summed E-state index contributed by atoms with van der Waals surface area (Å²) in [5.74, 6) is 2.54. The van der Waals surface area contributed by atoms with Crippen LogP contribution in [0.25, 0.3) is 17.5 Å². The molecule has 0 atom stereocenters. The number of hydrogen-bond donors (Lipinski definition) is 1. The topological polar surface area (TPSA) is 77.6 Å². The summed E-state index contributed by atoms with van der Waals surface area (Å²) >= 11 is 5.24. The predicted octanol–water partition coefficient (Wildman–Crippen LogP) is 3.77. The smallest absolute Gasteiger partial charge is 0.216 e. The summed E-state index contributed by atoms with van der Waals surface area (Å²) in [4.78, 5) is 0. The molecule has 7 nitrogen and oxygen atoms in total. The molecule has 0 aliphatic carbocycles. The minimum absolute atomic E-state index is 0.382. The van der Waals surface area contributed by atoms with Gasteiger partial charge in [0, 0.05) is 11.8 Å². The maximum absolute atomic E-state index is 5.33. The van der Waals surface area contributed by atoms with Gasteiger partial charge in [0.1, 0.15) is 5.76 Å². The average molecular weight is 356 g/mol. The first-order valence-electron chi connectivity index (χ1n) is 7.37. The van der Waals surface area contributed by atoms with Crippen molar-refractivity contribution in [2.75, 3.05) is 14.2 Å². The molecular weight excluding hydrogens is 340 g/mol. The first-order chi connectivity index (χ1) is 12.2. The van der Waals surface area contributed by atoms with Gasteiger partial charge >= 0.3 is 0 Å². The highest BCUT2D eigenvalue weighted by atomic mass is 32.1. The van der Waals surface area contributed by atoms with Gasteiger partial charge in [-0.3, -0.25) is 0 Å². The minimum atomic E-state index is 0.382. The summed E-state index contributed by atoms with van der Waals surface area (Å²) in [6.45, 7) is 0. The van der Waals surface area contributed by atoms with E-state index in [1.165, 1.54) is 4.68 Å². The number of nitrogens with zero attached hydrogens (tertiary/aromatic N) is 3. The van der Waals surface area contributed by atoms with Crippen molar-refractivity contribution in [2.45, 2.75) is 0 Å². The van der Waals surface area contributed by atoms with E-state index in [1.54, 1.807) is 44.9 Å². The van der Waals surface area contributed by atoms with Crippen LogP contribution in [0.15, 0.2) is 52.2 Å². The Kier molecular flexibility index (Phi) is 5.10. The van der Waals surface area contributed by atoms with Crippen LogP contribution < -0.4 is 9.47 Å². The lowest BCUT2D eigenvalue weighted by molar-refractivity contribution is 0.355. The van der Waals surface area contributed by atoms with Crippen molar-refractivity contribution in [1.82, 2.24) is 14.9 Å². The van der Waals surface area contributed by atoms with E-state index in [4.69, 9.17) is 26.1 Å². The fourth-order valence-corrected chi connectivity index (χ4v) is 2.37. The van der Waals surface area contributed by atoms with E-state index in [1.807, 2.05) is 24.3 Å². The summed E-state index contributed by atoms with van der Waals surface area (Å²) < 4.78 is 17.7. The first-order valence-corrected chi connectivity index (χ1v) is 7.78. The van der Waals surface area contributed by atoms with Crippen LogP contribution >= 0.6 is 12.2 Å². The standard InChI is InChI=1S/C17H16N4O3S/c1-22-14-8-7-12(11-15(14)23-2)16-19-20-17(25)21(16)18-9-3-5-13-6-4-10-24-13/h3-11H,1-2H3,(H,20,25)/b5-3+,18-9-. The van der Waals surface area contributed by atoms with Gasteiger partial charge in [-0.05, 0) is 54.7 Å². The van der Waals surface area contributed by atoms with Crippen LogP contribution in [0.1, 0.15) is 5.76 Å². The zero-order valence-electron chi connectivity index (χ0n) is 13.7. The highest BCUT2D eigenvalue weighted by Crippen LogP contribution is 2.31. The van der Waals surface area contributed by atoms with Gasteiger partial charge in [-0.25, -0.2) is 5.10 Å². The molecule has 1 aromatic carbocycles. The molecule has 0 saturated carbocycles. The third-order valence-electron chi connectivity index (χ3n) is 3.36. The third-order valence-corrected chi connectivity index (χ3v) is 3.63. The molecule has 25 heavy (non-hydrogen) atoms. The second-order valence-corrected chi connectivity index (χ2v) is 5.26. The Bertz CT molecular complexity index is 955. The van der Waals surface area contributed by atoms with Crippen molar-refractivity contribution in [2.24, 2.45) is 5.10 Å². The lowest BCUT2D eigenvalue weighted by Crippen LogP contribution is -1.96. The summed E-state index contributed by atoms with van der Waals surface area (Å²) in [5.41, 5.74) is 0.789. The Morgan fingerprint density at radius 3 is 2.80 bits per heavy atom. The van der Waals surface area contributed by atoms with Gasteiger partial charge in [0.2, 0.25) is 4.77 Å². The van der Waals surface area contributed by atoms with E-state index in [9.17, 15) is 0 Å². The van der Waals surface area contributed by atoms with E-state index >= 15 is 0 Å². The number of aromatic nitrogens is 3. The molecule has 0 fully saturated rings. The third kappa shape index (κ3) is 3.69. The van der Waals surface area contributed by atoms with Crippen LogP contribution in [-0.4, -0.2) is 35.3 Å². The van der Waals surface area contributed by atoms with Crippen molar-refractivity contribution >= 4 is 24.5 Å². The maximum Gasteiger partial charge on any atom is 0.216 e. The number of benzene rings is 1. The quantitative estimate of drug-likeness (QED) is 0.537. The Morgan fingerprint density at radius 1 is 1.24 bits per heavy atom. The number of allylic oxidation sites excluding steroid dienone is 1. The van der Waals surface area contributed by atoms with Crippen molar-refractivity contribution in [1.29, 1.82) is 0 Å². The van der Waals surface area contributed by atoms with Crippen molar-refractivity contribution in [3.63, 3.8) is 0 Å². The minimum Gasteiger partial charge on any atom is -0.493 e. The second kappa shape index (κ2) is 7.63. The Morgan fingerprint density at radius 2 is 2.08 bits per heavy atom. The molecule has 2 heterocycles. The van der Waals surface area contributed by atoms with Crippen LogP contribution in [0, 0.1) is 4.77 Å². The first kappa shape index (κ1) is 16.7. The number of aromatic amines is 1. The molecule has 0 aliphatic rings. The lowest BCUT2D eigenvalue weighted by Gasteiger charge is -2.08. The largest absolute Gasteiger partial charge is 0.493 e. The zero-order valence-corrected chi connectivity index (χ0v) is 14.5. The van der Waals surface area contributed by atoms with Gasteiger partial charge in [-0.15, -0.1) is 0 Å². The molecule has 8 heteroatoms. The normalized spacial score (nSPS) is 11.4. The molecule has 0 bridgehead atoms. The van der Waals surface area contributed by atoms with Crippen LogP contribution in [0.2, 0.25) is 0 Å². The van der Waals surface area contributed by atoms with Crippen LogP contribution in [0.4, 0.5) is 0 Å². The summed E-state index contributed by atoms with van der Waals surface area (Å²) in [6, 6.07) is 9.14. The Labute approximate surface area is 149 Å². The van der Waals surface area contributed by atoms with Crippen molar-refractivity contribution < 1.29 is 13.9 Å². The highest BCUT2D eigenvalue weighted by Gasteiger charge is 2.11. The van der Waals surface area contributed by atoms with E-state index in [2.05, 4.69) is 15.3 Å². The number of nitrogens with one attached hydrogen (secondary N) is 1. The van der Waals surface area contributed by atoms with E-state index in [-0.39, 0.29) is 0 Å². The molecule has 0 spiro atoms. The van der Waals surface area contributed by atoms with Gasteiger partial charge in [-0.1, -0.05) is 0 Å². The number of hydrogen-bond acceptors (Lipinski definition) is 6. The van der Waals surface area contributed by atoms with Gasteiger partial charge < -0.3 is 13.9 Å². The van der Waals surface area contributed by atoms with Gasteiger partial charge in [0.25, 0.3) is 0 Å². The molecule has 3 rings (SSSR count). The predicted molar refractivity (Wildman–Crippen MR) is 97.6 cm³/mol. The van der Waals surface area contributed by atoms with Gasteiger partial charge in [0.15, 0.2) is 17.3 Å². The zero-order chi connectivity index (χ0) is 17.6. The molecule has 0 radical (unpaired) electrons. The van der Waals surface area contributed by atoms with E-state index in [0.29, 0.717) is 22.1 Å². The van der Waals surface area contributed by atoms with Crippen molar-refractivity contribution in [3.8, 4) is 22.9 Å². The second-order valence-electron chi connectivity index (χ2n) is 4.87. The highest BCUT2D eigenvalue weighted by molar-refractivity contribution is 7.71. The number of H-pyrrole nitrogens is 1. The molecule has 0 amide bonds. The maximum atomic E-state index is 5.33. The van der Waals surface area contributed by atoms with E-state index in [0.717, 1.165) is 11.3 Å². The lowest BCUT2D eigenvalue weighted by atomic mass is 10.2. The summed E-state index contributed by atoms with van der Waals surface area (Å²) in [5, 5.41) is 11.3. The summed E-state index contributed by atoms with van der Waals surface area (Å²) in [7, 11) is 3.17. The monoisotopic (exact) mass is 356 g/mol. The molecule has 0 unspecified atom stereocenters. The van der Waals surface area contributed by atoms with Gasteiger partial charge in [-0.2, -0.15) is 14.9 Å². The number of furan rings is 1. The summed E-state index contributed by atoms with van der Waals surface area (Å²) in [6.07, 6.45) is 6.77. The van der Waals surface area contributed by atoms with Crippen LogP contribution in [0.5, 0.6) is 11.5 Å². The number of rotatable bonds is 6. The molecule has 1 N–H and O–H groups in total. The fraction of sp³-hybridized carbons (Fsp3) is 0.118. The molecule has 0 saturated heterocycles. The number of ether oxygens (including phenoxy) is 2. The van der Waals surface area contributed by atoms with Crippen molar-refractivity contribution in [3.05, 3.63) is 53.2 Å². The Balaban J connectivity index is 1.90. The average Bonchev–Trinajstić information content (AvgIpc) is 3.28. The molecular formula is C17H16N4O3S. The van der Waals surface area contributed by atoms with Gasteiger partial charge in [0.05, 0.1) is 20.5 Å². The van der Waals surface area contributed by atoms with Crippen LogP contribution in [-0.2, 0) is 0 Å². The molecule has 128 valence electrons. The van der Waals surface area contributed by atoms with Crippen LogP contribution in [0.3, 0.4) is 0 Å². The Hall–Kier alpha value is -3.13. The van der Waals surface area contributed by atoms with E-state index < -0.39 is 0 Å². The number of methoxy groups -OCH3 is 2. The fourth-order valence-electron chi connectivity index (χ4n) is 2.19. The molecule has 0 aliphatic heterocycles.